The highest BCUT2D eigenvalue weighted by Gasteiger charge is 2.37. The van der Waals surface area contributed by atoms with Crippen LogP contribution in [0.5, 0.6) is 0 Å². The van der Waals surface area contributed by atoms with Crippen LogP contribution in [0.2, 0.25) is 10.0 Å². The zero-order chi connectivity index (χ0) is 18.1. The summed E-state index contributed by atoms with van der Waals surface area (Å²) >= 11 is 12.0. The van der Waals surface area contributed by atoms with E-state index >= 15 is 0 Å². The maximum atomic E-state index is 12.6. The van der Waals surface area contributed by atoms with E-state index < -0.39 is 0 Å². The summed E-state index contributed by atoms with van der Waals surface area (Å²) in [5.41, 5.74) is 0.685. The molecule has 2 aliphatic heterocycles. The van der Waals surface area contributed by atoms with Crippen LogP contribution in [0.25, 0.3) is 0 Å². The Morgan fingerprint density at radius 1 is 0.920 bits per heavy atom. The number of amides is 2. The normalized spacial score (nSPS) is 19.2. The van der Waals surface area contributed by atoms with Crippen molar-refractivity contribution >= 4 is 35.0 Å². The second-order valence-electron chi connectivity index (χ2n) is 7.13. The predicted octanol–water partition coefficient (Wildman–Crippen LogP) is 3.21. The molecule has 1 saturated heterocycles. The first kappa shape index (κ1) is 18.6. The van der Waals surface area contributed by atoms with Gasteiger partial charge in [-0.1, -0.05) is 37.0 Å². The summed E-state index contributed by atoms with van der Waals surface area (Å²) in [5.74, 6) is 0.122. The van der Waals surface area contributed by atoms with Gasteiger partial charge in [-0.05, 0) is 31.0 Å². The first-order chi connectivity index (χ1) is 11.9. The van der Waals surface area contributed by atoms with E-state index in [1.54, 1.807) is 0 Å². The number of piperazine rings is 1. The lowest BCUT2D eigenvalue weighted by atomic mass is 10.1. The van der Waals surface area contributed by atoms with Crippen molar-refractivity contribution in [3.05, 3.63) is 33.3 Å². The number of carbonyl (C=O) groups excluding carboxylic acids is 2. The number of rotatable bonds is 5. The van der Waals surface area contributed by atoms with Gasteiger partial charge in [0, 0.05) is 26.2 Å². The van der Waals surface area contributed by atoms with E-state index in [1.807, 2.05) is 0 Å². The van der Waals surface area contributed by atoms with Gasteiger partial charge in [0.15, 0.2) is 0 Å². The second-order valence-corrected chi connectivity index (χ2v) is 7.95. The maximum Gasteiger partial charge on any atom is 0.262 e. The molecule has 7 heteroatoms. The van der Waals surface area contributed by atoms with E-state index in [4.69, 9.17) is 23.2 Å². The van der Waals surface area contributed by atoms with Crippen molar-refractivity contribution in [2.24, 2.45) is 5.92 Å². The lowest BCUT2D eigenvalue weighted by Gasteiger charge is -2.36. The molecule has 2 amide bonds. The molecule has 0 unspecified atom stereocenters. The molecule has 2 aliphatic rings. The van der Waals surface area contributed by atoms with Crippen LogP contribution in [0.15, 0.2) is 12.1 Å². The van der Waals surface area contributed by atoms with Gasteiger partial charge in [0.2, 0.25) is 0 Å². The highest BCUT2D eigenvalue weighted by Crippen LogP contribution is 2.31. The zero-order valence-corrected chi connectivity index (χ0v) is 16.1. The number of nitrogens with zero attached hydrogens (tertiary/aromatic N) is 3. The Morgan fingerprint density at radius 3 is 1.88 bits per heavy atom. The maximum absolute atomic E-state index is 12.6. The third-order valence-electron chi connectivity index (χ3n) is 4.84. The molecule has 1 aromatic rings. The van der Waals surface area contributed by atoms with Gasteiger partial charge in [-0.15, -0.1) is 0 Å². The lowest BCUT2D eigenvalue weighted by Crippen LogP contribution is -2.51. The van der Waals surface area contributed by atoms with E-state index in [2.05, 4.69) is 23.6 Å². The fourth-order valence-electron chi connectivity index (χ4n) is 3.21. The van der Waals surface area contributed by atoms with Crippen LogP contribution in [0.3, 0.4) is 0 Å². The van der Waals surface area contributed by atoms with Crippen LogP contribution in [0.4, 0.5) is 0 Å². The molecule has 3 rings (SSSR count). The summed E-state index contributed by atoms with van der Waals surface area (Å²) in [6, 6.07) is 2.98. The van der Waals surface area contributed by atoms with Crippen LogP contribution in [0, 0.1) is 5.92 Å². The zero-order valence-electron chi connectivity index (χ0n) is 14.6. The van der Waals surface area contributed by atoms with Gasteiger partial charge in [0.25, 0.3) is 11.8 Å². The minimum Gasteiger partial charge on any atom is -0.301 e. The highest BCUT2D eigenvalue weighted by molar-refractivity contribution is 6.43. The number of benzene rings is 1. The standard InChI is InChI=1S/C18H23Cl2N3O2/c1-12(2)3-4-21-5-7-22(8-6-21)11-23-17(24)13-9-15(19)16(20)10-14(13)18(23)25/h9-10,12H,3-8,11H2,1-2H3. The number of halogens is 2. The third kappa shape index (κ3) is 4.00. The molecule has 0 atom stereocenters. The molecule has 5 nitrogen and oxygen atoms in total. The molecular weight excluding hydrogens is 361 g/mol. The van der Waals surface area contributed by atoms with Crippen molar-refractivity contribution in [2.75, 3.05) is 39.4 Å². The van der Waals surface area contributed by atoms with E-state index in [0.717, 1.165) is 32.7 Å². The van der Waals surface area contributed by atoms with Crippen LogP contribution in [-0.4, -0.2) is 65.9 Å². The molecule has 0 aliphatic carbocycles. The molecule has 0 aromatic heterocycles. The number of fused-ring (bicyclic) bond motifs is 1. The fourth-order valence-corrected chi connectivity index (χ4v) is 3.53. The average molecular weight is 384 g/mol. The quantitative estimate of drug-likeness (QED) is 0.732. The topological polar surface area (TPSA) is 43.9 Å². The van der Waals surface area contributed by atoms with E-state index in [0.29, 0.717) is 33.8 Å². The molecule has 0 radical (unpaired) electrons. The van der Waals surface area contributed by atoms with Crippen molar-refractivity contribution in [2.45, 2.75) is 20.3 Å². The van der Waals surface area contributed by atoms with E-state index in [-0.39, 0.29) is 11.8 Å². The van der Waals surface area contributed by atoms with Gasteiger partial charge in [-0.25, -0.2) is 0 Å². The minimum absolute atomic E-state index is 0.291. The molecule has 25 heavy (non-hydrogen) atoms. The van der Waals surface area contributed by atoms with Crippen molar-refractivity contribution in [1.29, 1.82) is 0 Å². The molecule has 1 fully saturated rings. The van der Waals surface area contributed by atoms with Crippen LogP contribution in [-0.2, 0) is 0 Å². The Balaban J connectivity index is 1.60. The van der Waals surface area contributed by atoms with Gasteiger partial charge in [0.05, 0.1) is 27.8 Å². The predicted molar refractivity (Wildman–Crippen MR) is 99.3 cm³/mol. The number of hydrogen-bond donors (Lipinski definition) is 0. The molecule has 136 valence electrons. The molecule has 1 aromatic carbocycles. The summed E-state index contributed by atoms with van der Waals surface area (Å²) in [6.45, 7) is 9.53. The Bertz CT molecular complexity index is 644. The molecular formula is C18H23Cl2N3O2. The fraction of sp³-hybridized carbons (Fsp3) is 0.556. The summed E-state index contributed by atoms with van der Waals surface area (Å²) in [6.07, 6.45) is 1.19. The number of carbonyl (C=O) groups is 2. The lowest BCUT2D eigenvalue weighted by molar-refractivity contribution is 0.0450. The van der Waals surface area contributed by atoms with Crippen LogP contribution >= 0.6 is 23.2 Å². The first-order valence-electron chi connectivity index (χ1n) is 8.66. The van der Waals surface area contributed by atoms with Crippen molar-refractivity contribution in [3.8, 4) is 0 Å². The summed E-state index contributed by atoms with van der Waals surface area (Å²) in [5, 5.41) is 0.587. The van der Waals surface area contributed by atoms with Crippen molar-refractivity contribution < 1.29 is 9.59 Å². The molecule has 0 spiro atoms. The Morgan fingerprint density at radius 2 is 1.40 bits per heavy atom. The van der Waals surface area contributed by atoms with Crippen molar-refractivity contribution in [3.63, 3.8) is 0 Å². The number of hydrogen-bond acceptors (Lipinski definition) is 4. The van der Waals surface area contributed by atoms with Gasteiger partial charge in [-0.2, -0.15) is 0 Å². The Kier molecular flexibility index (Phi) is 5.68. The highest BCUT2D eigenvalue weighted by atomic mass is 35.5. The first-order valence-corrected chi connectivity index (χ1v) is 9.42. The third-order valence-corrected chi connectivity index (χ3v) is 5.56. The van der Waals surface area contributed by atoms with E-state index in [1.165, 1.54) is 23.5 Å². The van der Waals surface area contributed by atoms with E-state index in [9.17, 15) is 9.59 Å². The average Bonchev–Trinajstić information content (AvgIpc) is 2.79. The largest absolute Gasteiger partial charge is 0.301 e. The minimum atomic E-state index is -0.291. The monoisotopic (exact) mass is 383 g/mol. The summed E-state index contributed by atoms with van der Waals surface area (Å²) in [4.78, 5) is 31.0. The van der Waals surface area contributed by atoms with Crippen LogP contribution < -0.4 is 0 Å². The number of imide groups is 1. The van der Waals surface area contributed by atoms with Gasteiger partial charge in [0.1, 0.15) is 0 Å². The Hall–Kier alpha value is -1.14. The summed E-state index contributed by atoms with van der Waals surface area (Å²) in [7, 11) is 0. The van der Waals surface area contributed by atoms with Gasteiger partial charge < -0.3 is 4.90 Å². The van der Waals surface area contributed by atoms with Gasteiger partial charge >= 0.3 is 0 Å². The molecule has 2 heterocycles. The van der Waals surface area contributed by atoms with Crippen LogP contribution in [0.1, 0.15) is 41.0 Å². The Labute approximate surface area is 158 Å². The summed E-state index contributed by atoms with van der Waals surface area (Å²) < 4.78 is 0. The molecule has 0 bridgehead atoms. The SMILES string of the molecule is CC(C)CCN1CCN(CN2C(=O)c3cc(Cl)c(Cl)cc3C2=O)CC1. The smallest absolute Gasteiger partial charge is 0.262 e. The molecule has 0 saturated carbocycles. The van der Waals surface area contributed by atoms with Gasteiger partial charge in [-0.3, -0.25) is 19.4 Å². The second kappa shape index (κ2) is 7.62. The van der Waals surface area contributed by atoms with Crippen molar-refractivity contribution in [1.82, 2.24) is 14.7 Å². The molecule has 0 N–H and O–H groups in total.